The third-order valence-corrected chi connectivity index (χ3v) is 2.62. The van der Waals surface area contributed by atoms with E-state index in [0.29, 0.717) is 5.69 Å². The SMILES string of the molecule is O=C(O)CCNC(=O)Nc1ccc2c(c1)C(=O)NC2=O. The number of hydrogen-bond acceptors (Lipinski definition) is 4. The van der Waals surface area contributed by atoms with Crippen molar-refractivity contribution in [1.82, 2.24) is 10.6 Å². The van der Waals surface area contributed by atoms with Crippen molar-refractivity contribution in [2.75, 3.05) is 11.9 Å². The number of carboxylic acid groups (broad SMARTS) is 1. The highest BCUT2D eigenvalue weighted by Crippen LogP contribution is 2.20. The van der Waals surface area contributed by atoms with E-state index in [1.54, 1.807) is 0 Å². The number of anilines is 1. The van der Waals surface area contributed by atoms with Crippen LogP contribution in [0.1, 0.15) is 27.1 Å². The highest BCUT2D eigenvalue weighted by molar-refractivity contribution is 6.22. The number of rotatable bonds is 4. The molecule has 0 saturated heterocycles. The predicted molar refractivity (Wildman–Crippen MR) is 67.5 cm³/mol. The standard InChI is InChI=1S/C12H11N3O5/c16-9(17)3-4-13-12(20)14-6-1-2-7-8(5-6)11(19)15-10(7)18/h1-2,5H,3-4H2,(H,16,17)(H2,13,14,20)(H,15,18,19). The van der Waals surface area contributed by atoms with Gasteiger partial charge >= 0.3 is 12.0 Å². The van der Waals surface area contributed by atoms with Crippen molar-refractivity contribution in [3.63, 3.8) is 0 Å². The van der Waals surface area contributed by atoms with Crippen molar-refractivity contribution in [2.24, 2.45) is 0 Å². The number of urea groups is 1. The lowest BCUT2D eigenvalue weighted by Gasteiger charge is -2.07. The summed E-state index contributed by atoms with van der Waals surface area (Å²) >= 11 is 0. The molecular weight excluding hydrogens is 266 g/mol. The Bertz CT molecular complexity index is 611. The molecule has 4 N–H and O–H groups in total. The van der Waals surface area contributed by atoms with Gasteiger partial charge in [0.05, 0.1) is 17.5 Å². The smallest absolute Gasteiger partial charge is 0.319 e. The molecule has 1 aromatic carbocycles. The van der Waals surface area contributed by atoms with Gasteiger partial charge in [0.2, 0.25) is 0 Å². The van der Waals surface area contributed by atoms with Gasteiger partial charge in [-0.15, -0.1) is 0 Å². The van der Waals surface area contributed by atoms with Gasteiger partial charge in [0.15, 0.2) is 0 Å². The number of amides is 4. The summed E-state index contributed by atoms with van der Waals surface area (Å²) in [4.78, 5) is 44.5. The lowest BCUT2D eigenvalue weighted by molar-refractivity contribution is -0.136. The molecule has 0 unspecified atom stereocenters. The second-order valence-electron chi connectivity index (χ2n) is 4.07. The van der Waals surface area contributed by atoms with Crippen LogP contribution in [0, 0.1) is 0 Å². The zero-order valence-electron chi connectivity index (χ0n) is 10.2. The van der Waals surface area contributed by atoms with Gasteiger partial charge in [0.1, 0.15) is 0 Å². The van der Waals surface area contributed by atoms with Crippen LogP contribution in [0.25, 0.3) is 0 Å². The number of carbonyl (C=O) groups is 4. The topological polar surface area (TPSA) is 125 Å². The Kier molecular flexibility index (Phi) is 3.65. The molecule has 1 aliphatic rings. The van der Waals surface area contributed by atoms with E-state index in [-0.39, 0.29) is 24.1 Å². The van der Waals surface area contributed by atoms with Gasteiger partial charge in [-0.3, -0.25) is 19.7 Å². The maximum Gasteiger partial charge on any atom is 0.319 e. The number of fused-ring (bicyclic) bond motifs is 1. The van der Waals surface area contributed by atoms with Crippen molar-refractivity contribution >= 4 is 29.5 Å². The summed E-state index contributed by atoms with van der Waals surface area (Å²) < 4.78 is 0. The van der Waals surface area contributed by atoms with E-state index in [2.05, 4.69) is 16.0 Å². The first-order valence-corrected chi connectivity index (χ1v) is 5.74. The summed E-state index contributed by atoms with van der Waals surface area (Å²) in [6, 6.07) is 3.71. The average Bonchev–Trinajstić information content (AvgIpc) is 2.64. The minimum Gasteiger partial charge on any atom is -0.481 e. The van der Waals surface area contributed by atoms with Crippen molar-refractivity contribution in [1.29, 1.82) is 0 Å². The molecule has 0 bridgehead atoms. The zero-order valence-corrected chi connectivity index (χ0v) is 10.2. The van der Waals surface area contributed by atoms with Crippen LogP contribution in [0.2, 0.25) is 0 Å². The van der Waals surface area contributed by atoms with Gasteiger partial charge in [-0.1, -0.05) is 0 Å². The van der Waals surface area contributed by atoms with E-state index in [1.165, 1.54) is 18.2 Å². The molecule has 1 aromatic rings. The first-order chi connectivity index (χ1) is 9.47. The Morgan fingerprint density at radius 3 is 2.55 bits per heavy atom. The molecule has 0 saturated carbocycles. The fourth-order valence-electron chi connectivity index (χ4n) is 1.70. The highest BCUT2D eigenvalue weighted by Gasteiger charge is 2.26. The van der Waals surface area contributed by atoms with Gasteiger partial charge in [0, 0.05) is 12.2 Å². The maximum absolute atomic E-state index is 11.5. The largest absolute Gasteiger partial charge is 0.481 e. The normalized spacial score (nSPS) is 12.6. The van der Waals surface area contributed by atoms with Gasteiger partial charge in [0.25, 0.3) is 11.8 Å². The fraction of sp³-hybridized carbons (Fsp3) is 0.167. The van der Waals surface area contributed by atoms with E-state index >= 15 is 0 Å². The number of nitrogens with one attached hydrogen (secondary N) is 3. The Labute approximate surface area is 113 Å². The van der Waals surface area contributed by atoms with Gasteiger partial charge in [-0.05, 0) is 18.2 Å². The van der Waals surface area contributed by atoms with Crippen molar-refractivity contribution in [3.8, 4) is 0 Å². The molecule has 0 aromatic heterocycles. The number of carbonyl (C=O) groups excluding carboxylic acids is 3. The summed E-state index contributed by atoms with van der Waals surface area (Å²) in [5.41, 5.74) is 0.784. The number of benzene rings is 1. The molecule has 104 valence electrons. The first-order valence-electron chi connectivity index (χ1n) is 5.74. The third kappa shape index (κ3) is 2.91. The first kappa shape index (κ1) is 13.5. The molecule has 0 aliphatic carbocycles. The number of imide groups is 1. The van der Waals surface area contributed by atoms with Crippen molar-refractivity contribution in [2.45, 2.75) is 6.42 Å². The number of aliphatic carboxylic acids is 1. The molecule has 8 heteroatoms. The average molecular weight is 277 g/mol. The maximum atomic E-state index is 11.5. The highest BCUT2D eigenvalue weighted by atomic mass is 16.4. The Morgan fingerprint density at radius 2 is 1.85 bits per heavy atom. The van der Waals surface area contributed by atoms with Crippen LogP contribution in [0.5, 0.6) is 0 Å². The van der Waals surface area contributed by atoms with E-state index in [4.69, 9.17) is 5.11 Å². The molecule has 20 heavy (non-hydrogen) atoms. The summed E-state index contributed by atoms with van der Waals surface area (Å²) in [7, 11) is 0. The van der Waals surface area contributed by atoms with Crippen molar-refractivity contribution < 1.29 is 24.3 Å². The van der Waals surface area contributed by atoms with Crippen LogP contribution in [0.4, 0.5) is 10.5 Å². The Morgan fingerprint density at radius 1 is 1.15 bits per heavy atom. The second kappa shape index (κ2) is 5.39. The Balaban J connectivity index is 1.99. The fourth-order valence-corrected chi connectivity index (χ4v) is 1.70. The monoisotopic (exact) mass is 277 g/mol. The quantitative estimate of drug-likeness (QED) is 0.584. The lowest BCUT2D eigenvalue weighted by Crippen LogP contribution is -2.30. The molecule has 0 atom stereocenters. The predicted octanol–water partition coefficient (Wildman–Crippen LogP) is 0.166. The van der Waals surface area contributed by atoms with Crippen molar-refractivity contribution in [3.05, 3.63) is 29.3 Å². The van der Waals surface area contributed by atoms with E-state index < -0.39 is 23.8 Å². The summed E-state index contributed by atoms with van der Waals surface area (Å²) in [6.45, 7) is -0.00885. The van der Waals surface area contributed by atoms with Gasteiger partial charge < -0.3 is 15.7 Å². The second-order valence-corrected chi connectivity index (χ2v) is 4.07. The molecular formula is C12H11N3O5. The lowest BCUT2D eigenvalue weighted by atomic mass is 10.1. The van der Waals surface area contributed by atoms with E-state index in [1.807, 2.05) is 0 Å². The Hall–Kier alpha value is -2.90. The molecule has 4 amide bonds. The van der Waals surface area contributed by atoms with Gasteiger partial charge in [-0.25, -0.2) is 4.79 Å². The van der Waals surface area contributed by atoms with Crippen LogP contribution in [0.3, 0.4) is 0 Å². The molecule has 1 aliphatic heterocycles. The van der Waals surface area contributed by atoms with E-state index in [0.717, 1.165) is 0 Å². The van der Waals surface area contributed by atoms with E-state index in [9.17, 15) is 19.2 Å². The minimum atomic E-state index is -1.02. The molecule has 0 spiro atoms. The van der Waals surface area contributed by atoms with Crippen LogP contribution in [0.15, 0.2) is 18.2 Å². The molecule has 8 nitrogen and oxygen atoms in total. The zero-order chi connectivity index (χ0) is 14.7. The van der Waals surface area contributed by atoms with Crippen LogP contribution >= 0.6 is 0 Å². The summed E-state index contributed by atoms with van der Waals surface area (Å²) in [5.74, 6) is -2.00. The molecule has 2 rings (SSSR count). The minimum absolute atomic E-state index is 0.00885. The number of carboxylic acids is 1. The van der Waals surface area contributed by atoms with Crippen LogP contribution in [-0.2, 0) is 4.79 Å². The third-order valence-electron chi connectivity index (χ3n) is 2.62. The molecule has 0 fully saturated rings. The van der Waals surface area contributed by atoms with Crippen LogP contribution in [-0.4, -0.2) is 35.5 Å². The molecule has 1 heterocycles. The number of hydrogen-bond donors (Lipinski definition) is 4. The summed E-state index contributed by atoms with van der Waals surface area (Å²) in [5, 5.41) is 15.4. The summed E-state index contributed by atoms with van der Waals surface area (Å²) in [6.07, 6.45) is -0.186. The van der Waals surface area contributed by atoms with Crippen LogP contribution < -0.4 is 16.0 Å². The molecule has 0 radical (unpaired) electrons. The van der Waals surface area contributed by atoms with Gasteiger partial charge in [-0.2, -0.15) is 0 Å².